The summed E-state index contributed by atoms with van der Waals surface area (Å²) in [7, 11) is 0. The number of hydrogen-bond acceptors (Lipinski definition) is 7. The number of carboxylic acid groups (broad SMARTS) is 1. The zero-order valence-corrected chi connectivity index (χ0v) is 16.2. The standard InChI is InChI=1S/C20H22N6O4/c27-8-7-26-19-16(9-21-26)18(25-10-14-5-6-15(11-25)30-14)23-17(24-19)12-1-3-13(4-2-12)22-20(28)29/h1-4,9,14-15,22,27H,5-8,10-11H2,(H,28,29). The quantitative estimate of drug-likeness (QED) is 0.583. The highest BCUT2D eigenvalue weighted by molar-refractivity contribution is 5.89. The van der Waals surface area contributed by atoms with Crippen molar-refractivity contribution in [3.63, 3.8) is 0 Å². The van der Waals surface area contributed by atoms with Gasteiger partial charge in [-0.2, -0.15) is 5.10 Å². The Kier molecular flexibility index (Phi) is 4.72. The number of amides is 1. The molecule has 1 aromatic carbocycles. The van der Waals surface area contributed by atoms with Gasteiger partial charge in [-0.15, -0.1) is 0 Å². The van der Waals surface area contributed by atoms with Gasteiger partial charge in [0, 0.05) is 24.3 Å². The molecule has 2 aliphatic rings. The van der Waals surface area contributed by atoms with Gasteiger partial charge in [0.15, 0.2) is 11.5 Å². The fourth-order valence-corrected chi connectivity index (χ4v) is 4.18. The zero-order chi connectivity index (χ0) is 20.7. The Labute approximate surface area is 172 Å². The molecule has 2 bridgehead atoms. The molecule has 3 N–H and O–H groups in total. The van der Waals surface area contributed by atoms with E-state index in [1.165, 1.54) is 0 Å². The molecular formula is C20H22N6O4. The van der Waals surface area contributed by atoms with Crippen LogP contribution in [0, 0.1) is 0 Å². The summed E-state index contributed by atoms with van der Waals surface area (Å²) in [6.45, 7) is 1.85. The maximum atomic E-state index is 10.8. The average Bonchev–Trinajstić information content (AvgIpc) is 3.30. The molecule has 156 valence electrons. The molecule has 0 radical (unpaired) electrons. The number of morpholine rings is 1. The maximum Gasteiger partial charge on any atom is 0.409 e. The number of carbonyl (C=O) groups is 1. The molecule has 3 aromatic rings. The van der Waals surface area contributed by atoms with Gasteiger partial charge < -0.3 is 19.8 Å². The smallest absolute Gasteiger partial charge is 0.409 e. The second-order valence-corrected chi connectivity index (χ2v) is 7.57. The summed E-state index contributed by atoms with van der Waals surface area (Å²) in [4.78, 5) is 22.6. The summed E-state index contributed by atoms with van der Waals surface area (Å²) < 4.78 is 7.65. The first-order valence-corrected chi connectivity index (χ1v) is 9.96. The number of anilines is 2. The van der Waals surface area contributed by atoms with Crippen molar-refractivity contribution >= 4 is 28.6 Å². The number of nitrogens with one attached hydrogen (secondary N) is 1. The SMILES string of the molecule is O=C(O)Nc1ccc(-c2nc(N3CC4CCC(C3)O4)c3cnn(CCO)c3n2)cc1. The van der Waals surface area contributed by atoms with Crippen LogP contribution in [-0.4, -0.2) is 68.0 Å². The van der Waals surface area contributed by atoms with Crippen molar-refractivity contribution in [2.24, 2.45) is 0 Å². The van der Waals surface area contributed by atoms with E-state index < -0.39 is 6.09 Å². The number of benzene rings is 1. The third-order valence-corrected chi connectivity index (χ3v) is 5.53. The van der Waals surface area contributed by atoms with Crippen LogP contribution in [0.4, 0.5) is 16.3 Å². The van der Waals surface area contributed by atoms with Gasteiger partial charge in [0.05, 0.1) is 36.9 Å². The van der Waals surface area contributed by atoms with Crippen molar-refractivity contribution < 1.29 is 19.7 Å². The summed E-state index contributed by atoms with van der Waals surface area (Å²) in [6, 6.07) is 6.92. The molecule has 0 saturated carbocycles. The Balaban J connectivity index is 1.58. The molecule has 5 rings (SSSR count). The molecule has 2 aliphatic heterocycles. The predicted octanol–water partition coefficient (Wildman–Crippen LogP) is 1.94. The molecule has 10 nitrogen and oxygen atoms in total. The Morgan fingerprint density at radius 1 is 1.17 bits per heavy atom. The Morgan fingerprint density at radius 3 is 2.57 bits per heavy atom. The first kappa shape index (κ1) is 18.8. The lowest BCUT2D eigenvalue weighted by Gasteiger charge is -2.33. The molecule has 2 fully saturated rings. The fraction of sp³-hybridized carbons (Fsp3) is 0.400. The van der Waals surface area contributed by atoms with Gasteiger partial charge in [0.25, 0.3) is 0 Å². The molecule has 10 heteroatoms. The third kappa shape index (κ3) is 3.44. The number of nitrogens with zero attached hydrogens (tertiary/aromatic N) is 5. The summed E-state index contributed by atoms with van der Waals surface area (Å²) in [5.41, 5.74) is 1.90. The van der Waals surface area contributed by atoms with E-state index in [1.54, 1.807) is 35.1 Å². The van der Waals surface area contributed by atoms with Crippen molar-refractivity contribution in [1.29, 1.82) is 0 Å². The summed E-state index contributed by atoms with van der Waals surface area (Å²) >= 11 is 0. The van der Waals surface area contributed by atoms with E-state index >= 15 is 0 Å². The molecule has 0 spiro atoms. The lowest BCUT2D eigenvalue weighted by Crippen LogP contribution is -2.43. The maximum absolute atomic E-state index is 10.8. The van der Waals surface area contributed by atoms with E-state index in [1.807, 2.05) is 0 Å². The van der Waals surface area contributed by atoms with Crippen LogP contribution >= 0.6 is 0 Å². The van der Waals surface area contributed by atoms with Gasteiger partial charge in [-0.3, -0.25) is 5.32 Å². The molecule has 0 aliphatic carbocycles. The lowest BCUT2D eigenvalue weighted by atomic mass is 10.2. The van der Waals surface area contributed by atoms with E-state index in [9.17, 15) is 9.90 Å². The van der Waals surface area contributed by atoms with Crippen molar-refractivity contribution in [2.75, 3.05) is 29.9 Å². The van der Waals surface area contributed by atoms with Crippen LogP contribution in [-0.2, 0) is 11.3 Å². The minimum absolute atomic E-state index is 0.0390. The number of rotatable bonds is 5. The van der Waals surface area contributed by atoms with E-state index in [4.69, 9.17) is 19.8 Å². The zero-order valence-electron chi connectivity index (χ0n) is 16.2. The highest BCUT2D eigenvalue weighted by Crippen LogP contribution is 2.33. The number of aliphatic hydroxyl groups excluding tert-OH is 1. The van der Waals surface area contributed by atoms with Crippen LogP contribution < -0.4 is 10.2 Å². The van der Waals surface area contributed by atoms with Crippen LogP contribution in [0.1, 0.15) is 12.8 Å². The minimum atomic E-state index is -1.11. The predicted molar refractivity (Wildman–Crippen MR) is 110 cm³/mol. The van der Waals surface area contributed by atoms with Crippen LogP contribution in [0.3, 0.4) is 0 Å². The number of aromatic nitrogens is 4. The first-order chi connectivity index (χ1) is 14.6. The number of aliphatic hydroxyl groups is 1. The van der Waals surface area contributed by atoms with Gasteiger partial charge in [0.2, 0.25) is 0 Å². The van der Waals surface area contributed by atoms with Gasteiger partial charge in [-0.1, -0.05) is 0 Å². The largest absolute Gasteiger partial charge is 0.465 e. The minimum Gasteiger partial charge on any atom is -0.465 e. The molecule has 4 heterocycles. The molecule has 30 heavy (non-hydrogen) atoms. The highest BCUT2D eigenvalue weighted by Gasteiger charge is 2.35. The summed E-state index contributed by atoms with van der Waals surface area (Å²) in [5.74, 6) is 1.34. The molecular weight excluding hydrogens is 388 g/mol. The molecule has 2 aromatic heterocycles. The van der Waals surface area contributed by atoms with E-state index in [-0.39, 0.29) is 18.8 Å². The molecule has 2 saturated heterocycles. The Morgan fingerprint density at radius 2 is 1.90 bits per heavy atom. The average molecular weight is 410 g/mol. The van der Waals surface area contributed by atoms with Gasteiger partial charge in [-0.05, 0) is 37.1 Å². The first-order valence-electron chi connectivity index (χ1n) is 9.96. The van der Waals surface area contributed by atoms with Crippen LogP contribution in [0.5, 0.6) is 0 Å². The Bertz CT molecular complexity index is 1070. The topological polar surface area (TPSA) is 126 Å². The second-order valence-electron chi connectivity index (χ2n) is 7.57. The number of hydrogen-bond donors (Lipinski definition) is 3. The summed E-state index contributed by atoms with van der Waals surface area (Å²) in [5, 5.41) is 25.8. The third-order valence-electron chi connectivity index (χ3n) is 5.53. The second kappa shape index (κ2) is 7.54. The normalized spacial score (nSPS) is 20.6. The fourth-order valence-electron chi connectivity index (χ4n) is 4.18. The number of ether oxygens (including phenoxy) is 1. The highest BCUT2D eigenvalue weighted by atomic mass is 16.5. The van der Waals surface area contributed by atoms with E-state index in [0.717, 1.165) is 42.7 Å². The van der Waals surface area contributed by atoms with Crippen LogP contribution in [0.15, 0.2) is 30.5 Å². The van der Waals surface area contributed by atoms with Crippen molar-refractivity contribution in [3.05, 3.63) is 30.5 Å². The molecule has 2 unspecified atom stereocenters. The van der Waals surface area contributed by atoms with E-state index in [2.05, 4.69) is 15.3 Å². The van der Waals surface area contributed by atoms with E-state index in [0.29, 0.717) is 23.7 Å². The summed E-state index contributed by atoms with van der Waals surface area (Å²) in [6.07, 6.45) is 3.19. The van der Waals surface area contributed by atoms with Crippen LogP contribution in [0.25, 0.3) is 22.4 Å². The van der Waals surface area contributed by atoms with Crippen molar-refractivity contribution in [2.45, 2.75) is 31.6 Å². The molecule has 2 atom stereocenters. The molecule has 1 amide bonds. The lowest BCUT2D eigenvalue weighted by molar-refractivity contribution is 0.0303. The van der Waals surface area contributed by atoms with Gasteiger partial charge in [-0.25, -0.2) is 19.4 Å². The van der Waals surface area contributed by atoms with Gasteiger partial charge >= 0.3 is 6.09 Å². The van der Waals surface area contributed by atoms with Crippen molar-refractivity contribution in [3.8, 4) is 11.4 Å². The van der Waals surface area contributed by atoms with Crippen LogP contribution in [0.2, 0.25) is 0 Å². The monoisotopic (exact) mass is 410 g/mol. The Hall–Kier alpha value is -3.24. The number of fused-ring (bicyclic) bond motifs is 3. The van der Waals surface area contributed by atoms with Gasteiger partial charge in [0.1, 0.15) is 5.82 Å². The van der Waals surface area contributed by atoms with Crippen molar-refractivity contribution in [1.82, 2.24) is 19.7 Å².